The number of hydrogen-bond acceptors (Lipinski definition) is 4. The molecule has 0 aliphatic carbocycles. The number of hydrogen-bond donors (Lipinski definition) is 1. The maximum absolute atomic E-state index is 12.4. The molecule has 1 amide bonds. The fourth-order valence-corrected chi connectivity index (χ4v) is 2.34. The summed E-state index contributed by atoms with van der Waals surface area (Å²) in [5.41, 5.74) is 1.96. The Morgan fingerprint density at radius 1 is 1.52 bits per heavy atom. The zero-order valence-electron chi connectivity index (χ0n) is 13.3. The lowest BCUT2D eigenvalue weighted by Gasteiger charge is -2.34. The predicted octanol–water partition coefficient (Wildman–Crippen LogP) is 2.48. The minimum Gasteiger partial charge on any atom is -0.493 e. The van der Waals surface area contributed by atoms with Gasteiger partial charge in [-0.25, -0.2) is 4.79 Å². The summed E-state index contributed by atoms with van der Waals surface area (Å²) in [4.78, 5) is 24.7. The van der Waals surface area contributed by atoms with Crippen molar-refractivity contribution in [2.75, 3.05) is 18.6 Å². The van der Waals surface area contributed by atoms with Crippen LogP contribution in [0.3, 0.4) is 0 Å². The number of benzene rings is 1. The van der Waals surface area contributed by atoms with Gasteiger partial charge in [-0.1, -0.05) is 12.2 Å². The normalized spacial score (nSPS) is 16.9. The fraction of sp³-hybridized carbons (Fsp3) is 0.294. The van der Waals surface area contributed by atoms with E-state index in [9.17, 15) is 9.59 Å². The van der Waals surface area contributed by atoms with E-state index in [1.165, 1.54) is 13.2 Å². The topological polar surface area (TPSA) is 76.1 Å². The zero-order chi connectivity index (χ0) is 17.1. The molecule has 1 atom stereocenters. The second-order valence-corrected chi connectivity index (χ2v) is 5.38. The average molecular weight is 317 g/mol. The quantitative estimate of drug-likeness (QED) is 0.667. The number of aliphatic carboxylic acids is 1. The van der Waals surface area contributed by atoms with Crippen molar-refractivity contribution in [2.24, 2.45) is 0 Å². The molecule has 0 aromatic heterocycles. The Hall–Kier alpha value is -2.76. The molecule has 23 heavy (non-hydrogen) atoms. The van der Waals surface area contributed by atoms with Gasteiger partial charge in [0.05, 0.1) is 12.8 Å². The van der Waals surface area contributed by atoms with Gasteiger partial charge in [-0.2, -0.15) is 0 Å². The van der Waals surface area contributed by atoms with Gasteiger partial charge in [0.1, 0.15) is 0 Å². The third-order valence-electron chi connectivity index (χ3n) is 3.32. The number of ether oxygens (including phenoxy) is 2. The van der Waals surface area contributed by atoms with E-state index >= 15 is 0 Å². The summed E-state index contributed by atoms with van der Waals surface area (Å²) in [6.45, 7) is 7.71. The van der Waals surface area contributed by atoms with E-state index in [0.717, 1.165) is 11.6 Å². The molecule has 0 radical (unpaired) electrons. The number of methoxy groups -OCH3 is 1. The lowest BCUT2D eigenvalue weighted by molar-refractivity contribution is -0.131. The summed E-state index contributed by atoms with van der Waals surface area (Å²) in [5, 5.41) is 8.77. The lowest BCUT2D eigenvalue weighted by Crippen LogP contribution is -2.45. The summed E-state index contributed by atoms with van der Waals surface area (Å²) in [6, 6.07) is 3.36. The van der Waals surface area contributed by atoms with Crippen molar-refractivity contribution in [1.82, 2.24) is 0 Å². The molecule has 1 aromatic carbocycles. The van der Waals surface area contributed by atoms with Gasteiger partial charge >= 0.3 is 5.97 Å². The molecule has 0 spiro atoms. The van der Waals surface area contributed by atoms with Crippen molar-refractivity contribution in [3.05, 3.63) is 35.9 Å². The number of anilines is 1. The van der Waals surface area contributed by atoms with Crippen LogP contribution in [0.1, 0.15) is 19.4 Å². The number of carboxylic acid groups (broad SMARTS) is 1. The monoisotopic (exact) mass is 317 g/mol. The highest BCUT2D eigenvalue weighted by molar-refractivity contribution is 6.01. The Morgan fingerprint density at radius 2 is 2.22 bits per heavy atom. The Bertz CT molecular complexity index is 692. The first-order valence-electron chi connectivity index (χ1n) is 7.09. The summed E-state index contributed by atoms with van der Waals surface area (Å²) < 4.78 is 11.0. The van der Waals surface area contributed by atoms with Crippen molar-refractivity contribution in [1.29, 1.82) is 0 Å². The van der Waals surface area contributed by atoms with E-state index in [2.05, 4.69) is 6.58 Å². The van der Waals surface area contributed by atoms with Crippen molar-refractivity contribution in [3.63, 3.8) is 0 Å². The first-order valence-corrected chi connectivity index (χ1v) is 7.09. The summed E-state index contributed by atoms with van der Waals surface area (Å²) in [7, 11) is 1.49. The van der Waals surface area contributed by atoms with Gasteiger partial charge in [0, 0.05) is 12.6 Å². The van der Waals surface area contributed by atoms with Crippen LogP contribution >= 0.6 is 0 Å². The van der Waals surface area contributed by atoms with Crippen LogP contribution in [0.4, 0.5) is 5.69 Å². The van der Waals surface area contributed by atoms with Crippen LogP contribution in [-0.4, -0.2) is 36.7 Å². The summed E-state index contributed by atoms with van der Waals surface area (Å²) >= 11 is 0. The van der Waals surface area contributed by atoms with Crippen LogP contribution in [0.2, 0.25) is 0 Å². The molecule has 1 unspecified atom stereocenters. The molecule has 122 valence electrons. The van der Waals surface area contributed by atoms with Crippen molar-refractivity contribution in [3.8, 4) is 11.5 Å². The van der Waals surface area contributed by atoms with Crippen LogP contribution < -0.4 is 14.4 Å². The van der Waals surface area contributed by atoms with Gasteiger partial charge in [0.2, 0.25) is 0 Å². The molecule has 2 rings (SSSR count). The van der Waals surface area contributed by atoms with Gasteiger partial charge in [0.25, 0.3) is 5.91 Å². The Kier molecular flexibility index (Phi) is 4.74. The SMILES string of the molecule is C=C(C)CN1C(=O)C(C)Oc2c(OC)cc(/C=C/C(=O)O)cc21. The summed E-state index contributed by atoms with van der Waals surface area (Å²) in [6.07, 6.45) is 1.83. The van der Waals surface area contributed by atoms with E-state index in [0.29, 0.717) is 29.3 Å². The second kappa shape index (κ2) is 6.56. The van der Waals surface area contributed by atoms with E-state index < -0.39 is 12.1 Å². The standard InChI is InChI=1S/C17H19NO5/c1-10(2)9-18-13-7-12(5-6-15(19)20)8-14(22-4)16(13)23-11(3)17(18)21/h5-8,11H,1,9H2,2-4H3,(H,19,20)/b6-5+. The molecular weight excluding hydrogens is 298 g/mol. The number of amides is 1. The number of carboxylic acids is 1. The number of fused-ring (bicyclic) bond motifs is 1. The van der Waals surface area contributed by atoms with Crippen LogP contribution in [0, 0.1) is 0 Å². The molecule has 1 N–H and O–H groups in total. The first kappa shape index (κ1) is 16.6. The summed E-state index contributed by atoms with van der Waals surface area (Å²) in [5.74, 6) is -0.324. The van der Waals surface area contributed by atoms with Crippen LogP contribution in [0.15, 0.2) is 30.4 Å². The number of carbonyl (C=O) groups is 2. The molecule has 1 heterocycles. The Labute approximate surface area is 134 Å². The van der Waals surface area contributed by atoms with Gasteiger partial charge in [-0.3, -0.25) is 4.79 Å². The fourth-order valence-electron chi connectivity index (χ4n) is 2.34. The number of nitrogens with zero attached hydrogens (tertiary/aromatic N) is 1. The molecule has 6 nitrogen and oxygen atoms in total. The Morgan fingerprint density at radius 3 is 2.78 bits per heavy atom. The third-order valence-corrected chi connectivity index (χ3v) is 3.32. The zero-order valence-corrected chi connectivity index (χ0v) is 13.3. The molecule has 1 aromatic rings. The lowest BCUT2D eigenvalue weighted by atomic mass is 10.1. The highest BCUT2D eigenvalue weighted by Gasteiger charge is 2.33. The first-order chi connectivity index (χ1) is 10.8. The molecule has 1 aliphatic rings. The molecule has 1 aliphatic heterocycles. The smallest absolute Gasteiger partial charge is 0.328 e. The molecule has 0 fully saturated rings. The average Bonchev–Trinajstić information content (AvgIpc) is 2.49. The Balaban J connectivity index is 2.57. The highest BCUT2D eigenvalue weighted by atomic mass is 16.5. The van der Waals surface area contributed by atoms with Crippen LogP contribution in [0.25, 0.3) is 6.08 Å². The second-order valence-electron chi connectivity index (χ2n) is 5.38. The molecule has 0 saturated carbocycles. The van der Waals surface area contributed by atoms with E-state index in [-0.39, 0.29) is 5.91 Å². The van der Waals surface area contributed by atoms with E-state index in [1.807, 2.05) is 6.92 Å². The van der Waals surface area contributed by atoms with E-state index in [4.69, 9.17) is 14.6 Å². The van der Waals surface area contributed by atoms with Crippen molar-refractivity contribution in [2.45, 2.75) is 20.0 Å². The van der Waals surface area contributed by atoms with Crippen molar-refractivity contribution < 1.29 is 24.2 Å². The third kappa shape index (κ3) is 3.53. The molecule has 0 bridgehead atoms. The van der Waals surface area contributed by atoms with Gasteiger partial charge in [0.15, 0.2) is 17.6 Å². The maximum Gasteiger partial charge on any atom is 0.328 e. The van der Waals surface area contributed by atoms with E-state index in [1.54, 1.807) is 24.0 Å². The number of carbonyl (C=O) groups excluding carboxylic acids is 1. The van der Waals surface area contributed by atoms with Crippen molar-refractivity contribution >= 4 is 23.6 Å². The maximum atomic E-state index is 12.4. The molecule has 0 saturated heterocycles. The van der Waals surface area contributed by atoms with Gasteiger partial charge < -0.3 is 19.5 Å². The van der Waals surface area contributed by atoms with Crippen LogP contribution in [0.5, 0.6) is 11.5 Å². The van der Waals surface area contributed by atoms with Gasteiger partial charge in [-0.15, -0.1) is 0 Å². The predicted molar refractivity (Wildman–Crippen MR) is 86.9 cm³/mol. The minimum atomic E-state index is -1.05. The van der Waals surface area contributed by atoms with Gasteiger partial charge in [-0.05, 0) is 37.6 Å². The molecular formula is C17H19NO5. The van der Waals surface area contributed by atoms with Crippen LogP contribution in [-0.2, 0) is 9.59 Å². The highest BCUT2D eigenvalue weighted by Crippen LogP contribution is 2.43. The minimum absolute atomic E-state index is 0.179. The largest absolute Gasteiger partial charge is 0.493 e. The molecule has 6 heteroatoms. The number of rotatable bonds is 5.